The lowest BCUT2D eigenvalue weighted by Crippen LogP contribution is -2.50. The summed E-state index contributed by atoms with van der Waals surface area (Å²) in [6.07, 6.45) is 1.15. The van der Waals surface area contributed by atoms with Gasteiger partial charge in [-0.25, -0.2) is 0 Å². The van der Waals surface area contributed by atoms with E-state index < -0.39 is 16.4 Å². The van der Waals surface area contributed by atoms with Gasteiger partial charge in [-0.15, -0.1) is 0 Å². The van der Waals surface area contributed by atoms with Crippen molar-refractivity contribution in [2.24, 2.45) is 10.8 Å². The second kappa shape index (κ2) is 4.62. The molecule has 1 heterocycles. The quantitative estimate of drug-likeness (QED) is 0.825. The number of rotatable bonds is 2. The first-order valence-corrected chi connectivity index (χ1v) is 7.90. The minimum Gasteiger partial charge on any atom is -0.448 e. The van der Waals surface area contributed by atoms with Crippen LogP contribution in [0.4, 0.5) is 5.69 Å². The molecule has 1 saturated heterocycles. The van der Waals surface area contributed by atoms with Crippen molar-refractivity contribution in [1.82, 2.24) is 0 Å². The Morgan fingerprint density at radius 1 is 1.23 bits per heavy atom. The maximum Gasteiger partial charge on any atom is 0.313 e. The number of hydrogen-bond acceptors (Lipinski definition) is 3. The van der Waals surface area contributed by atoms with E-state index in [-0.39, 0.29) is 11.9 Å². The van der Waals surface area contributed by atoms with E-state index in [1.807, 2.05) is 20.8 Å². The molecule has 2 fully saturated rings. The number of esters is 1. The summed E-state index contributed by atoms with van der Waals surface area (Å²) >= 11 is 12.0. The number of halogens is 2. The van der Waals surface area contributed by atoms with E-state index in [4.69, 9.17) is 27.9 Å². The molecule has 1 amide bonds. The summed E-state index contributed by atoms with van der Waals surface area (Å²) in [5.41, 5.74) is -1.91. The molecule has 0 aromatic heterocycles. The molecule has 2 bridgehead atoms. The topological polar surface area (TPSA) is 55.4 Å². The highest BCUT2D eigenvalue weighted by Crippen LogP contribution is 2.65. The van der Waals surface area contributed by atoms with Crippen LogP contribution < -0.4 is 5.32 Å². The lowest BCUT2D eigenvalue weighted by Gasteiger charge is -2.35. The smallest absolute Gasteiger partial charge is 0.313 e. The molecular formula is C16H17Cl2NO3. The highest BCUT2D eigenvalue weighted by Gasteiger charge is 2.75. The molecule has 1 saturated carbocycles. The molecular weight excluding hydrogens is 325 g/mol. The molecule has 1 aromatic rings. The van der Waals surface area contributed by atoms with Gasteiger partial charge in [0.1, 0.15) is 0 Å². The number of fused-ring (bicyclic) bond motifs is 2. The van der Waals surface area contributed by atoms with Crippen molar-refractivity contribution in [3.8, 4) is 0 Å². The van der Waals surface area contributed by atoms with Crippen LogP contribution in [-0.4, -0.2) is 17.5 Å². The van der Waals surface area contributed by atoms with Crippen molar-refractivity contribution in [1.29, 1.82) is 0 Å². The first-order chi connectivity index (χ1) is 10.1. The average molecular weight is 342 g/mol. The largest absolute Gasteiger partial charge is 0.448 e. The van der Waals surface area contributed by atoms with Crippen molar-refractivity contribution in [2.75, 3.05) is 5.32 Å². The van der Waals surface area contributed by atoms with Crippen molar-refractivity contribution in [3.05, 3.63) is 28.2 Å². The zero-order chi connectivity index (χ0) is 16.3. The number of nitrogens with one attached hydrogen (secondary N) is 1. The standard InChI is InChI=1S/C16H17Cl2NO3/c1-14(2)15(3)6-7-16(14,22-13(15)21)12(20)19-11-5-4-9(17)8-10(11)18/h4-5,8H,6-7H2,1-3H3,(H,19,20)/t15-,16-/m0/s1. The second-order valence-electron chi connectivity index (χ2n) is 6.75. The lowest BCUT2D eigenvalue weighted by atomic mass is 9.66. The van der Waals surface area contributed by atoms with E-state index in [1.54, 1.807) is 18.2 Å². The van der Waals surface area contributed by atoms with Crippen LogP contribution in [-0.2, 0) is 14.3 Å². The molecule has 4 nitrogen and oxygen atoms in total. The number of ether oxygens (including phenoxy) is 1. The third-order valence-electron chi connectivity index (χ3n) is 5.63. The molecule has 0 spiro atoms. The molecule has 118 valence electrons. The van der Waals surface area contributed by atoms with Crippen molar-refractivity contribution in [2.45, 2.75) is 39.2 Å². The minimum atomic E-state index is -1.15. The van der Waals surface area contributed by atoms with Gasteiger partial charge in [-0.05, 0) is 38.0 Å². The molecule has 2 aliphatic rings. The van der Waals surface area contributed by atoms with Crippen LogP contribution in [0.3, 0.4) is 0 Å². The summed E-state index contributed by atoms with van der Waals surface area (Å²) in [7, 11) is 0. The van der Waals surface area contributed by atoms with E-state index in [2.05, 4.69) is 5.32 Å². The molecule has 1 aliphatic heterocycles. The van der Waals surface area contributed by atoms with Gasteiger partial charge in [0, 0.05) is 10.4 Å². The van der Waals surface area contributed by atoms with Crippen LogP contribution in [0.1, 0.15) is 33.6 Å². The molecule has 6 heteroatoms. The van der Waals surface area contributed by atoms with E-state index in [9.17, 15) is 9.59 Å². The highest BCUT2D eigenvalue weighted by molar-refractivity contribution is 6.36. The molecule has 22 heavy (non-hydrogen) atoms. The zero-order valence-corrected chi connectivity index (χ0v) is 14.1. The Morgan fingerprint density at radius 3 is 2.41 bits per heavy atom. The number of carbonyl (C=O) groups is 2. The Bertz CT molecular complexity index is 688. The van der Waals surface area contributed by atoms with E-state index in [0.717, 1.165) is 0 Å². The molecule has 3 rings (SSSR count). The van der Waals surface area contributed by atoms with Gasteiger partial charge >= 0.3 is 5.97 Å². The summed E-state index contributed by atoms with van der Waals surface area (Å²) in [5.74, 6) is -0.641. The number of carbonyl (C=O) groups excluding carboxylic acids is 2. The fourth-order valence-corrected chi connectivity index (χ4v) is 4.02. The van der Waals surface area contributed by atoms with Gasteiger partial charge < -0.3 is 10.1 Å². The Hall–Kier alpha value is -1.26. The summed E-state index contributed by atoms with van der Waals surface area (Å²) in [4.78, 5) is 25.1. The van der Waals surface area contributed by atoms with E-state index in [1.165, 1.54) is 0 Å². The van der Waals surface area contributed by atoms with Gasteiger partial charge in [0.25, 0.3) is 5.91 Å². The van der Waals surface area contributed by atoms with Crippen LogP contribution in [0, 0.1) is 10.8 Å². The van der Waals surface area contributed by atoms with Gasteiger partial charge in [-0.3, -0.25) is 9.59 Å². The fourth-order valence-electron chi connectivity index (χ4n) is 3.56. The number of hydrogen-bond donors (Lipinski definition) is 1. The second-order valence-corrected chi connectivity index (χ2v) is 7.60. The summed E-state index contributed by atoms with van der Waals surface area (Å²) < 4.78 is 5.54. The average Bonchev–Trinajstić information content (AvgIpc) is 2.72. The van der Waals surface area contributed by atoms with Crippen LogP contribution >= 0.6 is 23.2 Å². The number of benzene rings is 1. The van der Waals surface area contributed by atoms with Crippen molar-refractivity contribution in [3.63, 3.8) is 0 Å². The van der Waals surface area contributed by atoms with E-state index in [0.29, 0.717) is 28.6 Å². The Morgan fingerprint density at radius 2 is 1.91 bits per heavy atom. The Kier molecular flexibility index (Phi) is 3.28. The van der Waals surface area contributed by atoms with Gasteiger partial charge in [0.2, 0.25) is 0 Å². The molecule has 0 unspecified atom stereocenters. The number of anilines is 1. The van der Waals surface area contributed by atoms with Crippen LogP contribution in [0.5, 0.6) is 0 Å². The maximum atomic E-state index is 12.9. The van der Waals surface area contributed by atoms with Crippen molar-refractivity contribution >= 4 is 40.8 Å². The fraction of sp³-hybridized carbons (Fsp3) is 0.500. The normalized spacial score (nSPS) is 32.0. The highest BCUT2D eigenvalue weighted by atomic mass is 35.5. The monoisotopic (exact) mass is 341 g/mol. The third-order valence-corrected chi connectivity index (χ3v) is 6.18. The third kappa shape index (κ3) is 1.77. The first kappa shape index (κ1) is 15.6. The zero-order valence-electron chi connectivity index (χ0n) is 12.6. The van der Waals surface area contributed by atoms with E-state index >= 15 is 0 Å². The van der Waals surface area contributed by atoms with Crippen molar-refractivity contribution < 1.29 is 14.3 Å². The predicted molar refractivity (Wildman–Crippen MR) is 85.0 cm³/mol. The maximum absolute atomic E-state index is 12.9. The predicted octanol–water partition coefficient (Wildman–Crippen LogP) is 4.05. The SMILES string of the molecule is CC1(C)[C@@]2(C)CC[C@@]1(C(=O)Nc1ccc(Cl)cc1Cl)OC2=O. The molecule has 1 aliphatic carbocycles. The van der Waals surface area contributed by atoms with Crippen LogP contribution in [0.2, 0.25) is 10.0 Å². The summed E-state index contributed by atoms with van der Waals surface area (Å²) in [6, 6.07) is 4.84. The lowest BCUT2D eigenvalue weighted by molar-refractivity contribution is -0.165. The van der Waals surface area contributed by atoms with Crippen LogP contribution in [0.15, 0.2) is 18.2 Å². The summed E-state index contributed by atoms with van der Waals surface area (Å²) in [6.45, 7) is 5.69. The van der Waals surface area contributed by atoms with Gasteiger partial charge in [0.05, 0.1) is 16.1 Å². The Balaban J connectivity index is 1.94. The van der Waals surface area contributed by atoms with Gasteiger partial charge in [0.15, 0.2) is 5.60 Å². The molecule has 1 aromatic carbocycles. The number of amides is 1. The Labute approximate surface area is 139 Å². The first-order valence-electron chi connectivity index (χ1n) is 7.14. The minimum absolute atomic E-state index is 0.305. The van der Waals surface area contributed by atoms with Crippen LogP contribution in [0.25, 0.3) is 0 Å². The molecule has 2 atom stereocenters. The molecule has 1 N–H and O–H groups in total. The summed E-state index contributed by atoms with van der Waals surface area (Å²) in [5, 5.41) is 3.62. The molecule has 0 radical (unpaired) electrons. The van der Waals surface area contributed by atoms with Gasteiger partial charge in [-0.1, -0.05) is 37.0 Å². The van der Waals surface area contributed by atoms with Gasteiger partial charge in [-0.2, -0.15) is 0 Å².